The Morgan fingerprint density at radius 1 is 0.548 bits per heavy atom. The third-order valence-electron chi connectivity index (χ3n) is 6.45. The summed E-state index contributed by atoms with van der Waals surface area (Å²) in [6.45, 7) is 0. The number of carbonyl (C=O) groups excluding carboxylic acids is 4. The smallest absolute Gasteiger partial charge is 0.269 e. The molecule has 0 unspecified atom stereocenters. The number of benzene rings is 4. The van der Waals surface area contributed by atoms with Crippen LogP contribution in [-0.4, -0.2) is 43.4 Å². The Morgan fingerprint density at radius 3 is 1.19 bits per heavy atom. The van der Waals surface area contributed by atoms with E-state index in [4.69, 9.17) is 0 Å². The monoisotopic (exact) mass is 568 g/mol. The van der Waals surface area contributed by atoms with Crippen LogP contribution in [0.1, 0.15) is 52.6 Å². The second kappa shape index (κ2) is 10.3. The molecule has 0 aliphatic heterocycles. The van der Waals surface area contributed by atoms with Gasteiger partial charge in [0.05, 0.1) is 43.5 Å². The average Bonchev–Trinajstić information content (AvgIpc) is 2.97. The molecule has 2 amide bonds. The molecule has 0 saturated carbocycles. The molecule has 0 spiro atoms. The molecule has 4 N–H and O–H groups in total. The van der Waals surface area contributed by atoms with Gasteiger partial charge in [-0.1, -0.05) is 0 Å². The third kappa shape index (κ3) is 4.64. The number of rotatable bonds is 6. The number of anilines is 2. The topological polar surface area (TPSA) is 219 Å². The number of phenols is 2. The van der Waals surface area contributed by atoms with Crippen molar-refractivity contribution in [1.29, 1.82) is 0 Å². The fourth-order valence-corrected chi connectivity index (χ4v) is 4.43. The van der Waals surface area contributed by atoms with Crippen molar-refractivity contribution in [3.05, 3.63) is 126 Å². The number of aromatic hydroxyl groups is 2. The summed E-state index contributed by atoms with van der Waals surface area (Å²) in [4.78, 5) is 73.6. The summed E-state index contributed by atoms with van der Waals surface area (Å²) in [5.41, 5.74) is -2.71. The van der Waals surface area contributed by atoms with Gasteiger partial charge in [-0.15, -0.1) is 0 Å². The number of carbonyl (C=O) groups is 4. The first-order valence-electron chi connectivity index (χ1n) is 11.9. The van der Waals surface area contributed by atoms with E-state index in [9.17, 15) is 49.6 Å². The van der Waals surface area contributed by atoms with E-state index < -0.39 is 67.0 Å². The van der Waals surface area contributed by atoms with Crippen LogP contribution in [0.2, 0.25) is 0 Å². The molecule has 0 bridgehead atoms. The van der Waals surface area contributed by atoms with Crippen LogP contribution in [0.4, 0.5) is 22.7 Å². The highest BCUT2D eigenvalue weighted by atomic mass is 16.6. The minimum absolute atomic E-state index is 0.00324. The van der Waals surface area contributed by atoms with Gasteiger partial charge >= 0.3 is 0 Å². The molecule has 0 aromatic heterocycles. The van der Waals surface area contributed by atoms with E-state index >= 15 is 0 Å². The second-order valence-electron chi connectivity index (χ2n) is 8.94. The molecule has 14 nitrogen and oxygen atoms in total. The van der Waals surface area contributed by atoms with Gasteiger partial charge in [0, 0.05) is 35.4 Å². The van der Waals surface area contributed by atoms with Crippen LogP contribution < -0.4 is 10.6 Å². The normalized spacial score (nSPS) is 11.7. The Labute approximate surface area is 234 Å². The highest BCUT2D eigenvalue weighted by Gasteiger charge is 2.38. The Bertz CT molecular complexity index is 1730. The third-order valence-corrected chi connectivity index (χ3v) is 6.45. The average molecular weight is 568 g/mol. The Morgan fingerprint density at radius 2 is 0.881 bits per heavy atom. The van der Waals surface area contributed by atoms with Gasteiger partial charge in [-0.3, -0.25) is 39.4 Å². The molecule has 5 rings (SSSR count). The lowest BCUT2D eigenvalue weighted by Crippen LogP contribution is -2.26. The maximum atomic E-state index is 13.7. The van der Waals surface area contributed by atoms with Gasteiger partial charge in [0.2, 0.25) is 11.6 Å². The van der Waals surface area contributed by atoms with Crippen molar-refractivity contribution in [3.8, 4) is 11.5 Å². The van der Waals surface area contributed by atoms with Gasteiger partial charge in [-0.2, -0.15) is 0 Å². The van der Waals surface area contributed by atoms with Crippen molar-refractivity contribution in [1.82, 2.24) is 0 Å². The summed E-state index contributed by atoms with van der Waals surface area (Å²) >= 11 is 0. The van der Waals surface area contributed by atoms with Gasteiger partial charge in [-0.25, -0.2) is 0 Å². The molecular formula is C28H16N4O10. The molecule has 0 radical (unpaired) electrons. The van der Waals surface area contributed by atoms with Crippen molar-refractivity contribution in [2.24, 2.45) is 0 Å². The molecule has 0 atom stereocenters. The summed E-state index contributed by atoms with van der Waals surface area (Å²) in [6.07, 6.45) is 0. The van der Waals surface area contributed by atoms with Crippen molar-refractivity contribution < 1.29 is 39.2 Å². The van der Waals surface area contributed by atoms with E-state index in [0.717, 1.165) is 36.4 Å². The number of non-ortho nitro benzene ring substituents is 2. The Kier molecular flexibility index (Phi) is 6.64. The Hall–Kier alpha value is -6.44. The highest BCUT2D eigenvalue weighted by molar-refractivity contribution is 6.34. The number of nitro benzene ring substituents is 2. The Balaban J connectivity index is 1.52. The zero-order chi connectivity index (χ0) is 30.3. The molecule has 1 aliphatic carbocycles. The first-order chi connectivity index (χ1) is 20.0. The number of nitrogens with zero attached hydrogens (tertiary/aromatic N) is 2. The minimum atomic E-state index is -0.946. The van der Waals surface area contributed by atoms with Crippen molar-refractivity contribution >= 4 is 46.1 Å². The molecule has 0 fully saturated rings. The number of fused-ring (bicyclic) bond motifs is 2. The van der Waals surface area contributed by atoms with Crippen LogP contribution >= 0.6 is 0 Å². The van der Waals surface area contributed by atoms with Crippen LogP contribution in [0.3, 0.4) is 0 Å². The van der Waals surface area contributed by atoms with Gasteiger partial charge in [0.1, 0.15) is 11.5 Å². The molecule has 208 valence electrons. The summed E-state index contributed by atoms with van der Waals surface area (Å²) in [5.74, 6) is -4.68. The number of nitrogens with one attached hydrogen (secondary N) is 2. The quantitative estimate of drug-likeness (QED) is 0.130. The van der Waals surface area contributed by atoms with Crippen LogP contribution in [0.5, 0.6) is 11.5 Å². The minimum Gasteiger partial charge on any atom is -0.507 e. The van der Waals surface area contributed by atoms with E-state index in [1.165, 1.54) is 36.4 Å². The van der Waals surface area contributed by atoms with Crippen LogP contribution in [0, 0.1) is 20.2 Å². The van der Waals surface area contributed by atoms with E-state index in [1.807, 2.05) is 0 Å². The molecule has 4 aromatic carbocycles. The van der Waals surface area contributed by atoms with Gasteiger partial charge in [0.25, 0.3) is 23.2 Å². The molecule has 14 heteroatoms. The van der Waals surface area contributed by atoms with E-state index in [1.54, 1.807) is 0 Å². The fourth-order valence-electron chi connectivity index (χ4n) is 4.43. The number of nitro groups is 2. The van der Waals surface area contributed by atoms with Gasteiger partial charge in [-0.05, 0) is 48.5 Å². The summed E-state index contributed by atoms with van der Waals surface area (Å²) in [6, 6.07) is 13.7. The van der Waals surface area contributed by atoms with Crippen molar-refractivity contribution in [2.45, 2.75) is 0 Å². The zero-order valence-corrected chi connectivity index (χ0v) is 21.0. The van der Waals surface area contributed by atoms with Crippen molar-refractivity contribution in [2.75, 3.05) is 10.6 Å². The summed E-state index contributed by atoms with van der Waals surface area (Å²) in [7, 11) is 0. The first-order valence-corrected chi connectivity index (χ1v) is 11.9. The van der Waals surface area contributed by atoms with Crippen LogP contribution in [-0.2, 0) is 0 Å². The SMILES string of the molecule is O=C(Nc1ccc(O)c2c1C(=O)c1c(O)ccc(NC(=O)c3ccc([N+](=O)[O-])cc3)c1C2=O)c1ccc([N+](=O)[O-])cc1. The summed E-state index contributed by atoms with van der Waals surface area (Å²) < 4.78 is 0. The van der Waals surface area contributed by atoms with E-state index in [0.29, 0.717) is 0 Å². The standard InChI is InChI=1S/C28H16N4O10/c33-19-11-9-17(29-27(37)13-1-5-15(6-2-13)31(39)40)21-23(19)26(36)22-18(10-12-20(34)24(22)25(21)35)30-28(38)14-3-7-16(8-4-14)32(41)42/h1-12,33-34H,(H,29,37)(H,30,38). The van der Waals surface area contributed by atoms with Crippen molar-refractivity contribution in [3.63, 3.8) is 0 Å². The summed E-state index contributed by atoms with van der Waals surface area (Å²) in [5, 5.41) is 47.8. The largest absolute Gasteiger partial charge is 0.507 e. The number of hydrogen-bond donors (Lipinski definition) is 4. The lowest BCUT2D eigenvalue weighted by Gasteiger charge is -2.24. The van der Waals surface area contributed by atoms with E-state index in [-0.39, 0.29) is 33.9 Å². The molecule has 0 saturated heterocycles. The predicted molar refractivity (Wildman–Crippen MR) is 145 cm³/mol. The van der Waals surface area contributed by atoms with E-state index in [2.05, 4.69) is 10.6 Å². The molecule has 4 aromatic rings. The van der Waals surface area contributed by atoms with Gasteiger partial charge < -0.3 is 20.8 Å². The number of phenolic OH excluding ortho intramolecular Hbond substituents is 2. The molecular weight excluding hydrogens is 552 g/mol. The van der Waals surface area contributed by atoms with Gasteiger partial charge in [0.15, 0.2) is 0 Å². The maximum absolute atomic E-state index is 13.7. The van der Waals surface area contributed by atoms with Crippen LogP contribution in [0.15, 0.2) is 72.8 Å². The number of amides is 2. The first kappa shape index (κ1) is 27.1. The highest BCUT2D eigenvalue weighted by Crippen LogP contribution is 2.42. The lowest BCUT2D eigenvalue weighted by molar-refractivity contribution is -0.385. The lowest BCUT2D eigenvalue weighted by atomic mass is 9.81. The molecule has 0 heterocycles. The molecule has 42 heavy (non-hydrogen) atoms. The fraction of sp³-hybridized carbons (Fsp3) is 0. The zero-order valence-electron chi connectivity index (χ0n) is 21.0. The predicted octanol–water partition coefficient (Wildman–Crippen LogP) is 4.19. The number of ketones is 2. The number of hydrogen-bond acceptors (Lipinski definition) is 10. The maximum Gasteiger partial charge on any atom is 0.269 e. The van der Waals surface area contributed by atoms with Crippen LogP contribution in [0.25, 0.3) is 0 Å². The second-order valence-corrected chi connectivity index (χ2v) is 8.94. The molecule has 1 aliphatic rings.